The Balaban J connectivity index is 0.00000243. The van der Waals surface area contributed by atoms with Gasteiger partial charge in [0.25, 0.3) is 5.91 Å². The summed E-state index contributed by atoms with van der Waals surface area (Å²) in [5.74, 6) is 0.0340. The predicted octanol–water partition coefficient (Wildman–Crippen LogP) is 0.244. The molecule has 0 aliphatic carbocycles. The van der Waals surface area contributed by atoms with Crippen LogP contribution in [-0.4, -0.2) is 72.8 Å². The fourth-order valence-electron chi connectivity index (χ4n) is 3.38. The third-order valence-electron chi connectivity index (χ3n) is 4.69. The zero-order chi connectivity index (χ0) is 17.6. The van der Waals surface area contributed by atoms with Gasteiger partial charge in [-0.25, -0.2) is 0 Å². The molecule has 1 unspecified atom stereocenters. The summed E-state index contributed by atoms with van der Waals surface area (Å²) in [5, 5.41) is 5.75. The van der Waals surface area contributed by atoms with Crippen LogP contribution < -0.4 is 10.6 Å². The van der Waals surface area contributed by atoms with Crippen LogP contribution in [0.5, 0.6) is 0 Å². The number of nitrogens with zero attached hydrogens (tertiary/aromatic N) is 2. The van der Waals surface area contributed by atoms with Crippen molar-refractivity contribution in [2.75, 3.05) is 39.3 Å². The van der Waals surface area contributed by atoms with Gasteiger partial charge in [0.05, 0.1) is 12.8 Å². The number of hydrogen-bond donors (Lipinski definition) is 2. The van der Waals surface area contributed by atoms with Crippen molar-refractivity contribution in [3.05, 3.63) is 24.2 Å². The van der Waals surface area contributed by atoms with E-state index in [0.717, 1.165) is 19.4 Å². The van der Waals surface area contributed by atoms with Crippen LogP contribution in [0.2, 0.25) is 0 Å². The molecule has 0 radical (unpaired) electrons. The van der Waals surface area contributed by atoms with E-state index >= 15 is 0 Å². The number of furan rings is 1. The van der Waals surface area contributed by atoms with Crippen LogP contribution in [0.1, 0.15) is 29.8 Å². The molecule has 0 aromatic carbocycles. The number of piperidine rings is 1. The average molecular weight is 385 g/mol. The maximum atomic E-state index is 12.4. The van der Waals surface area contributed by atoms with Crippen molar-refractivity contribution in [2.45, 2.75) is 25.3 Å². The van der Waals surface area contributed by atoms with Gasteiger partial charge in [0, 0.05) is 45.2 Å². The van der Waals surface area contributed by atoms with Gasteiger partial charge in [0.1, 0.15) is 0 Å². The van der Waals surface area contributed by atoms with E-state index in [0.29, 0.717) is 26.2 Å². The van der Waals surface area contributed by atoms with E-state index in [1.165, 1.54) is 6.26 Å². The molecule has 144 valence electrons. The lowest BCUT2D eigenvalue weighted by atomic mass is 10.0. The highest BCUT2D eigenvalue weighted by molar-refractivity contribution is 5.91. The summed E-state index contributed by atoms with van der Waals surface area (Å²) in [7, 11) is 0. The quantitative estimate of drug-likeness (QED) is 0.758. The zero-order valence-corrected chi connectivity index (χ0v) is 15.4. The van der Waals surface area contributed by atoms with E-state index in [2.05, 4.69) is 10.6 Å². The summed E-state index contributed by atoms with van der Waals surface area (Å²) >= 11 is 0. The highest BCUT2D eigenvalue weighted by Crippen LogP contribution is 2.17. The van der Waals surface area contributed by atoms with E-state index in [4.69, 9.17) is 4.42 Å². The van der Waals surface area contributed by atoms with Crippen LogP contribution in [0.25, 0.3) is 0 Å². The molecule has 1 aromatic heterocycles. The first kappa shape index (κ1) is 20.3. The number of nitrogens with one attached hydrogen (secondary N) is 2. The maximum Gasteiger partial charge on any atom is 0.286 e. The average Bonchev–Trinajstić information content (AvgIpc) is 3.17. The van der Waals surface area contributed by atoms with Crippen molar-refractivity contribution in [3.63, 3.8) is 0 Å². The molecule has 2 aliphatic rings. The number of rotatable bonds is 5. The number of halogens is 1. The van der Waals surface area contributed by atoms with Crippen molar-refractivity contribution < 1.29 is 18.8 Å². The molecule has 3 heterocycles. The van der Waals surface area contributed by atoms with E-state index in [9.17, 15) is 14.4 Å². The summed E-state index contributed by atoms with van der Waals surface area (Å²) in [4.78, 5) is 39.9. The summed E-state index contributed by atoms with van der Waals surface area (Å²) in [5.41, 5.74) is 0. The van der Waals surface area contributed by atoms with Gasteiger partial charge in [-0.05, 0) is 25.0 Å². The molecule has 1 atom stereocenters. The Bertz CT molecular complexity index is 622. The number of carbonyl (C=O) groups is 3. The van der Waals surface area contributed by atoms with E-state index in [1.807, 2.05) is 9.80 Å². The van der Waals surface area contributed by atoms with Crippen molar-refractivity contribution >= 4 is 30.1 Å². The second kappa shape index (κ2) is 9.59. The Kier molecular flexibility index (Phi) is 7.47. The lowest BCUT2D eigenvalue weighted by Crippen LogP contribution is -2.57. The second-order valence-corrected chi connectivity index (χ2v) is 6.38. The minimum absolute atomic E-state index is 0. The minimum Gasteiger partial charge on any atom is -0.459 e. The van der Waals surface area contributed by atoms with Gasteiger partial charge in [-0.1, -0.05) is 0 Å². The van der Waals surface area contributed by atoms with Gasteiger partial charge >= 0.3 is 0 Å². The highest BCUT2D eigenvalue weighted by Gasteiger charge is 2.31. The normalized spacial score (nSPS) is 20.5. The third kappa shape index (κ3) is 4.98. The molecule has 0 spiro atoms. The standard InChI is InChI=1S/C17H24N4O4.ClH/c22-15(5-6-19-17(24)14-4-2-10-25-14)20-8-1-3-13(12-20)21-9-7-18-11-16(21)23;/h2,4,10,13,18H,1,3,5-9,11-12H2,(H,19,24);1H. The first-order chi connectivity index (χ1) is 12.1. The van der Waals surface area contributed by atoms with Crippen LogP contribution in [-0.2, 0) is 9.59 Å². The molecule has 9 heteroatoms. The molecule has 2 N–H and O–H groups in total. The van der Waals surface area contributed by atoms with Crippen LogP contribution in [0.15, 0.2) is 22.8 Å². The Morgan fingerprint density at radius 3 is 2.92 bits per heavy atom. The second-order valence-electron chi connectivity index (χ2n) is 6.38. The van der Waals surface area contributed by atoms with Crippen molar-refractivity contribution in [3.8, 4) is 0 Å². The Morgan fingerprint density at radius 1 is 1.35 bits per heavy atom. The lowest BCUT2D eigenvalue weighted by molar-refractivity contribution is -0.140. The fourth-order valence-corrected chi connectivity index (χ4v) is 3.38. The summed E-state index contributed by atoms with van der Waals surface area (Å²) in [6, 6.07) is 3.33. The fraction of sp³-hybridized carbons (Fsp3) is 0.588. The maximum absolute atomic E-state index is 12.4. The third-order valence-corrected chi connectivity index (χ3v) is 4.69. The molecule has 8 nitrogen and oxygen atoms in total. The first-order valence-corrected chi connectivity index (χ1v) is 8.75. The monoisotopic (exact) mass is 384 g/mol. The lowest BCUT2D eigenvalue weighted by Gasteiger charge is -2.41. The van der Waals surface area contributed by atoms with Crippen LogP contribution in [0, 0.1) is 0 Å². The number of carbonyl (C=O) groups excluding carboxylic acids is 3. The Hall–Kier alpha value is -2.06. The van der Waals surface area contributed by atoms with Gasteiger partial charge in [-0.2, -0.15) is 0 Å². The van der Waals surface area contributed by atoms with E-state index < -0.39 is 0 Å². The van der Waals surface area contributed by atoms with Gasteiger partial charge in [0.2, 0.25) is 11.8 Å². The molecule has 3 rings (SSSR count). The topological polar surface area (TPSA) is 94.9 Å². The molecule has 0 bridgehead atoms. The molecule has 2 saturated heterocycles. The Labute approximate surface area is 158 Å². The van der Waals surface area contributed by atoms with Gasteiger partial charge in [-0.15, -0.1) is 12.4 Å². The summed E-state index contributed by atoms with van der Waals surface area (Å²) < 4.78 is 5.01. The SMILES string of the molecule is Cl.O=C(NCCC(=O)N1CCCC(N2CCNCC2=O)C1)c1ccco1. The smallest absolute Gasteiger partial charge is 0.286 e. The van der Waals surface area contributed by atoms with Crippen LogP contribution >= 0.6 is 12.4 Å². The van der Waals surface area contributed by atoms with Gasteiger partial charge in [0.15, 0.2) is 5.76 Å². The van der Waals surface area contributed by atoms with Gasteiger partial charge in [-0.3, -0.25) is 14.4 Å². The molecular formula is C17H25ClN4O4. The largest absolute Gasteiger partial charge is 0.459 e. The van der Waals surface area contributed by atoms with E-state index in [1.54, 1.807) is 12.1 Å². The zero-order valence-electron chi connectivity index (χ0n) is 14.6. The highest BCUT2D eigenvalue weighted by atomic mass is 35.5. The molecule has 0 saturated carbocycles. The molecule has 3 amide bonds. The number of hydrogen-bond acceptors (Lipinski definition) is 5. The first-order valence-electron chi connectivity index (χ1n) is 8.75. The van der Waals surface area contributed by atoms with Crippen molar-refractivity contribution in [1.82, 2.24) is 20.4 Å². The van der Waals surface area contributed by atoms with Crippen LogP contribution in [0.3, 0.4) is 0 Å². The Morgan fingerprint density at radius 2 is 2.19 bits per heavy atom. The van der Waals surface area contributed by atoms with E-state index in [-0.39, 0.29) is 54.9 Å². The van der Waals surface area contributed by atoms with Crippen LogP contribution in [0.4, 0.5) is 0 Å². The molecule has 2 fully saturated rings. The molecular weight excluding hydrogens is 360 g/mol. The molecule has 1 aromatic rings. The molecule has 2 aliphatic heterocycles. The van der Waals surface area contributed by atoms with Gasteiger partial charge < -0.3 is 24.9 Å². The predicted molar refractivity (Wildman–Crippen MR) is 97.1 cm³/mol. The number of likely N-dealkylation sites (tertiary alicyclic amines) is 1. The summed E-state index contributed by atoms with van der Waals surface area (Å²) in [6.07, 6.45) is 3.51. The van der Waals surface area contributed by atoms with Crippen molar-refractivity contribution in [2.24, 2.45) is 0 Å². The summed E-state index contributed by atoms with van der Waals surface area (Å²) in [6.45, 7) is 3.44. The number of piperazine rings is 1. The number of amides is 3. The molecule has 26 heavy (non-hydrogen) atoms. The minimum atomic E-state index is -0.319. The van der Waals surface area contributed by atoms with Crippen molar-refractivity contribution in [1.29, 1.82) is 0 Å².